The van der Waals surface area contributed by atoms with Gasteiger partial charge in [0.2, 0.25) is 0 Å². The van der Waals surface area contributed by atoms with Crippen LogP contribution in [0.2, 0.25) is 0 Å². The van der Waals surface area contributed by atoms with Crippen LogP contribution in [0.15, 0.2) is 40.9 Å². The molecule has 0 aromatic heterocycles. The van der Waals surface area contributed by atoms with Crippen LogP contribution < -0.4 is 5.32 Å². The number of hydrogen-bond acceptors (Lipinski definition) is 1. The molecule has 0 aliphatic heterocycles. The molecule has 0 spiro atoms. The molecule has 4 heteroatoms. The fraction of sp³-hybridized carbons (Fsp3) is 0.188. The highest BCUT2D eigenvalue weighted by Crippen LogP contribution is 2.24. The van der Waals surface area contributed by atoms with Crippen molar-refractivity contribution < 1.29 is 9.18 Å². The average molecular weight is 336 g/mol. The largest absolute Gasteiger partial charge is 0.322 e. The number of nitrogens with one attached hydrogen (secondary N) is 1. The van der Waals surface area contributed by atoms with Crippen molar-refractivity contribution in [2.75, 3.05) is 5.32 Å². The second kappa shape index (κ2) is 6.18. The van der Waals surface area contributed by atoms with E-state index in [1.165, 1.54) is 6.07 Å². The van der Waals surface area contributed by atoms with Crippen LogP contribution in [-0.2, 0) is 6.42 Å². The molecule has 0 unspecified atom stereocenters. The number of carbonyl (C=O) groups is 1. The van der Waals surface area contributed by atoms with Crippen molar-refractivity contribution in [3.05, 3.63) is 63.4 Å². The molecule has 2 rings (SSSR count). The number of anilines is 1. The quantitative estimate of drug-likeness (QED) is 0.864. The number of hydrogen-bond donors (Lipinski definition) is 1. The summed E-state index contributed by atoms with van der Waals surface area (Å²) in [6, 6.07) is 10.4. The Hall–Kier alpha value is -1.68. The predicted octanol–water partition coefficient (Wildman–Crippen LogP) is 4.71. The normalized spacial score (nSPS) is 10.4. The summed E-state index contributed by atoms with van der Waals surface area (Å²) in [4.78, 5) is 12.3. The minimum atomic E-state index is -0.394. The highest BCUT2D eigenvalue weighted by atomic mass is 79.9. The van der Waals surface area contributed by atoms with Gasteiger partial charge >= 0.3 is 0 Å². The molecule has 1 amide bonds. The van der Waals surface area contributed by atoms with E-state index >= 15 is 0 Å². The van der Waals surface area contributed by atoms with Crippen molar-refractivity contribution in [3.8, 4) is 0 Å². The summed E-state index contributed by atoms with van der Waals surface area (Å²) in [6.45, 7) is 3.82. The standard InChI is InChI=1S/C16H15BrFNO/c1-3-11-6-4-5-7-12(11)16(20)19-15-9-14(18)13(17)8-10(15)2/h4-9H,3H2,1-2H3,(H,19,20). The Kier molecular flexibility index (Phi) is 4.55. The van der Waals surface area contributed by atoms with E-state index < -0.39 is 5.82 Å². The topological polar surface area (TPSA) is 29.1 Å². The SMILES string of the molecule is CCc1ccccc1C(=O)Nc1cc(F)c(Br)cc1C. The van der Waals surface area contributed by atoms with Gasteiger partial charge in [0.15, 0.2) is 0 Å². The molecule has 0 heterocycles. The maximum absolute atomic E-state index is 13.6. The molecule has 0 aliphatic rings. The van der Waals surface area contributed by atoms with Gasteiger partial charge in [-0.1, -0.05) is 25.1 Å². The van der Waals surface area contributed by atoms with E-state index in [4.69, 9.17) is 0 Å². The fourth-order valence-corrected chi connectivity index (χ4v) is 2.48. The lowest BCUT2D eigenvalue weighted by atomic mass is 10.0. The van der Waals surface area contributed by atoms with Crippen molar-refractivity contribution >= 4 is 27.5 Å². The van der Waals surface area contributed by atoms with Crippen molar-refractivity contribution in [2.24, 2.45) is 0 Å². The van der Waals surface area contributed by atoms with Gasteiger partial charge in [-0.25, -0.2) is 4.39 Å². The summed E-state index contributed by atoms with van der Waals surface area (Å²) < 4.78 is 14.0. The van der Waals surface area contributed by atoms with E-state index in [1.807, 2.05) is 32.0 Å². The lowest BCUT2D eigenvalue weighted by molar-refractivity contribution is 0.102. The van der Waals surface area contributed by atoms with E-state index in [0.717, 1.165) is 17.5 Å². The number of amides is 1. The third-order valence-electron chi connectivity index (χ3n) is 3.16. The Morgan fingerprint density at radius 3 is 2.70 bits per heavy atom. The fourth-order valence-electron chi connectivity index (χ4n) is 2.02. The van der Waals surface area contributed by atoms with Gasteiger partial charge in [-0.15, -0.1) is 0 Å². The third-order valence-corrected chi connectivity index (χ3v) is 3.77. The molecule has 0 saturated carbocycles. The Labute approximate surface area is 126 Å². The Morgan fingerprint density at radius 2 is 2.00 bits per heavy atom. The first-order valence-electron chi connectivity index (χ1n) is 6.37. The van der Waals surface area contributed by atoms with Crippen LogP contribution in [0.3, 0.4) is 0 Å². The molecule has 0 saturated heterocycles. The van der Waals surface area contributed by atoms with Crippen LogP contribution in [0.5, 0.6) is 0 Å². The van der Waals surface area contributed by atoms with Crippen molar-refractivity contribution in [1.29, 1.82) is 0 Å². The molecular weight excluding hydrogens is 321 g/mol. The van der Waals surface area contributed by atoms with Gasteiger partial charge in [0.25, 0.3) is 5.91 Å². The third kappa shape index (κ3) is 3.07. The summed E-state index contributed by atoms with van der Waals surface area (Å²) in [7, 11) is 0. The first-order valence-corrected chi connectivity index (χ1v) is 7.17. The second-order valence-electron chi connectivity index (χ2n) is 4.55. The minimum Gasteiger partial charge on any atom is -0.322 e. The van der Waals surface area contributed by atoms with Gasteiger partial charge in [-0.3, -0.25) is 4.79 Å². The molecule has 0 atom stereocenters. The number of benzene rings is 2. The van der Waals surface area contributed by atoms with Gasteiger partial charge in [0, 0.05) is 11.3 Å². The van der Waals surface area contributed by atoms with Gasteiger partial charge in [0.05, 0.1) is 4.47 Å². The van der Waals surface area contributed by atoms with Gasteiger partial charge < -0.3 is 5.32 Å². The van der Waals surface area contributed by atoms with Gasteiger partial charge in [-0.05, 0) is 58.6 Å². The second-order valence-corrected chi connectivity index (χ2v) is 5.40. The summed E-state index contributed by atoms with van der Waals surface area (Å²) in [5.74, 6) is -0.609. The van der Waals surface area contributed by atoms with E-state index in [2.05, 4.69) is 21.2 Å². The lowest BCUT2D eigenvalue weighted by Crippen LogP contribution is -2.15. The Morgan fingerprint density at radius 1 is 1.30 bits per heavy atom. The number of carbonyl (C=O) groups excluding carboxylic acids is 1. The molecule has 0 radical (unpaired) electrons. The maximum Gasteiger partial charge on any atom is 0.255 e. The van der Waals surface area contributed by atoms with E-state index in [0.29, 0.717) is 15.7 Å². The zero-order valence-electron chi connectivity index (χ0n) is 11.3. The van der Waals surface area contributed by atoms with E-state index in [9.17, 15) is 9.18 Å². The minimum absolute atomic E-state index is 0.215. The van der Waals surface area contributed by atoms with Crippen molar-refractivity contribution in [1.82, 2.24) is 0 Å². The lowest BCUT2D eigenvalue weighted by Gasteiger charge is -2.11. The number of aryl methyl sites for hydroxylation is 2. The van der Waals surface area contributed by atoms with Gasteiger partial charge in [0.1, 0.15) is 5.82 Å². The highest BCUT2D eigenvalue weighted by molar-refractivity contribution is 9.10. The first kappa shape index (κ1) is 14.7. The monoisotopic (exact) mass is 335 g/mol. The van der Waals surface area contributed by atoms with Crippen LogP contribution in [0, 0.1) is 12.7 Å². The summed E-state index contributed by atoms with van der Waals surface area (Å²) in [5.41, 5.74) is 2.89. The molecule has 1 N–H and O–H groups in total. The highest BCUT2D eigenvalue weighted by Gasteiger charge is 2.12. The van der Waals surface area contributed by atoms with Crippen LogP contribution in [0.25, 0.3) is 0 Å². The van der Waals surface area contributed by atoms with Crippen molar-refractivity contribution in [2.45, 2.75) is 20.3 Å². The first-order chi connectivity index (χ1) is 9.52. The zero-order valence-corrected chi connectivity index (χ0v) is 12.9. The molecule has 20 heavy (non-hydrogen) atoms. The van der Waals surface area contributed by atoms with E-state index in [-0.39, 0.29) is 5.91 Å². The molecular formula is C16H15BrFNO. The van der Waals surface area contributed by atoms with Crippen LogP contribution in [0.1, 0.15) is 28.4 Å². The van der Waals surface area contributed by atoms with Gasteiger partial charge in [-0.2, -0.15) is 0 Å². The Balaban J connectivity index is 2.30. The van der Waals surface area contributed by atoms with Crippen LogP contribution in [-0.4, -0.2) is 5.91 Å². The molecule has 0 fully saturated rings. The molecule has 2 aromatic carbocycles. The average Bonchev–Trinajstić information content (AvgIpc) is 2.44. The summed E-state index contributed by atoms with van der Waals surface area (Å²) in [5, 5.41) is 2.77. The molecule has 0 bridgehead atoms. The zero-order chi connectivity index (χ0) is 14.7. The molecule has 0 aliphatic carbocycles. The molecule has 2 aromatic rings. The number of halogens is 2. The van der Waals surface area contributed by atoms with Crippen LogP contribution in [0.4, 0.5) is 10.1 Å². The van der Waals surface area contributed by atoms with Crippen molar-refractivity contribution in [3.63, 3.8) is 0 Å². The number of rotatable bonds is 3. The Bertz CT molecular complexity index is 655. The maximum atomic E-state index is 13.6. The smallest absolute Gasteiger partial charge is 0.255 e. The summed E-state index contributed by atoms with van der Waals surface area (Å²) >= 11 is 3.13. The van der Waals surface area contributed by atoms with E-state index in [1.54, 1.807) is 12.1 Å². The summed E-state index contributed by atoms with van der Waals surface area (Å²) in [6.07, 6.45) is 0.775. The molecule has 104 valence electrons. The predicted molar refractivity (Wildman–Crippen MR) is 82.6 cm³/mol. The molecule has 2 nitrogen and oxygen atoms in total. The van der Waals surface area contributed by atoms with Crippen LogP contribution >= 0.6 is 15.9 Å².